The topological polar surface area (TPSA) is 114 Å². The molecule has 20 heavy (non-hydrogen) atoms. The summed E-state index contributed by atoms with van der Waals surface area (Å²) in [7, 11) is 0. The van der Waals surface area contributed by atoms with Crippen LogP contribution in [0.3, 0.4) is 0 Å². The monoisotopic (exact) mass is 274 g/mol. The lowest BCUT2D eigenvalue weighted by Gasteiger charge is -2.17. The lowest BCUT2D eigenvalue weighted by atomic mass is 10.1. The van der Waals surface area contributed by atoms with Gasteiger partial charge in [0.15, 0.2) is 0 Å². The van der Waals surface area contributed by atoms with Crippen LogP contribution in [-0.2, 0) is 0 Å². The third-order valence-corrected chi connectivity index (χ3v) is 3.11. The number of carbonyl (C=O) groups excluding carboxylic acids is 1. The molecule has 1 amide bonds. The second-order valence-electron chi connectivity index (χ2n) is 4.73. The van der Waals surface area contributed by atoms with Crippen molar-refractivity contribution in [2.24, 2.45) is 11.5 Å². The zero-order valence-electron chi connectivity index (χ0n) is 11.2. The maximum atomic E-state index is 11.5. The summed E-state index contributed by atoms with van der Waals surface area (Å²) >= 11 is 0. The van der Waals surface area contributed by atoms with E-state index in [4.69, 9.17) is 11.5 Å². The maximum Gasteiger partial charge on any atom is 0.252 e. The Morgan fingerprint density at radius 1 is 1.45 bits per heavy atom. The van der Waals surface area contributed by atoms with Crippen LogP contribution in [0.4, 0.5) is 5.82 Å². The number of para-hydroxylation sites is 1. The van der Waals surface area contributed by atoms with Gasteiger partial charge in [0.05, 0.1) is 17.2 Å². The average Bonchev–Trinajstić information content (AvgIpc) is 2.43. The average molecular weight is 274 g/mol. The Labute approximate surface area is 116 Å². The molecule has 1 aromatic carbocycles. The molecule has 6 nitrogen and oxygen atoms in total. The van der Waals surface area contributed by atoms with Crippen LogP contribution in [0.5, 0.6) is 0 Å². The van der Waals surface area contributed by atoms with Crippen molar-refractivity contribution in [2.75, 3.05) is 11.9 Å². The number of rotatable bonds is 5. The number of nitrogens with one attached hydrogen (secondary N) is 1. The Balaban J connectivity index is 2.34. The van der Waals surface area contributed by atoms with E-state index in [1.165, 1.54) is 0 Å². The fraction of sp³-hybridized carbons (Fsp3) is 0.286. The van der Waals surface area contributed by atoms with Gasteiger partial charge >= 0.3 is 0 Å². The zero-order chi connectivity index (χ0) is 14.7. The van der Waals surface area contributed by atoms with Gasteiger partial charge in [0.2, 0.25) is 0 Å². The number of fused-ring (bicyclic) bond motifs is 1. The molecule has 1 aromatic heterocycles. The molecule has 6 heteroatoms. The van der Waals surface area contributed by atoms with E-state index in [9.17, 15) is 9.90 Å². The highest BCUT2D eigenvalue weighted by Crippen LogP contribution is 2.20. The standard InChI is InChI=1S/C14H18N4O2/c1-8(19)11(15)7-17-14-10(13(16)20)6-9-4-2-3-5-12(9)18-14/h2-6,8,11,19H,7,15H2,1H3,(H2,16,20)(H,17,18). The van der Waals surface area contributed by atoms with Gasteiger partial charge in [-0.1, -0.05) is 18.2 Å². The van der Waals surface area contributed by atoms with Crippen LogP contribution < -0.4 is 16.8 Å². The molecular formula is C14H18N4O2. The molecule has 2 rings (SSSR count). The second kappa shape index (κ2) is 5.85. The quantitative estimate of drug-likeness (QED) is 0.632. The van der Waals surface area contributed by atoms with Gasteiger partial charge in [-0.2, -0.15) is 0 Å². The molecule has 0 saturated carbocycles. The number of aliphatic hydroxyl groups excluding tert-OH is 1. The van der Waals surface area contributed by atoms with Crippen molar-refractivity contribution in [1.29, 1.82) is 0 Å². The summed E-state index contributed by atoms with van der Waals surface area (Å²) < 4.78 is 0. The van der Waals surface area contributed by atoms with Gasteiger partial charge in [-0.3, -0.25) is 4.79 Å². The Bertz CT molecular complexity index is 628. The number of hydrogen-bond acceptors (Lipinski definition) is 5. The lowest BCUT2D eigenvalue weighted by molar-refractivity contribution is 0.100. The van der Waals surface area contributed by atoms with Crippen molar-refractivity contribution in [3.05, 3.63) is 35.9 Å². The first-order chi connectivity index (χ1) is 9.49. The molecule has 2 unspecified atom stereocenters. The lowest BCUT2D eigenvalue weighted by Crippen LogP contribution is -2.39. The first kappa shape index (κ1) is 14.2. The van der Waals surface area contributed by atoms with Crippen LogP contribution in [-0.4, -0.2) is 34.7 Å². The van der Waals surface area contributed by atoms with Crippen molar-refractivity contribution in [3.8, 4) is 0 Å². The summed E-state index contributed by atoms with van der Waals surface area (Å²) in [6, 6.07) is 8.68. The van der Waals surface area contributed by atoms with Crippen molar-refractivity contribution in [1.82, 2.24) is 4.98 Å². The molecule has 0 radical (unpaired) electrons. The number of anilines is 1. The maximum absolute atomic E-state index is 11.5. The summed E-state index contributed by atoms with van der Waals surface area (Å²) in [5.74, 6) is -0.177. The highest BCUT2D eigenvalue weighted by molar-refractivity contribution is 6.01. The van der Waals surface area contributed by atoms with Crippen LogP contribution in [0.2, 0.25) is 0 Å². The largest absolute Gasteiger partial charge is 0.392 e. The van der Waals surface area contributed by atoms with Crippen molar-refractivity contribution in [2.45, 2.75) is 19.1 Å². The molecule has 0 spiro atoms. The number of aliphatic hydroxyl groups is 1. The van der Waals surface area contributed by atoms with Crippen LogP contribution >= 0.6 is 0 Å². The van der Waals surface area contributed by atoms with Crippen LogP contribution in [0.15, 0.2) is 30.3 Å². The summed E-state index contributed by atoms with van der Waals surface area (Å²) in [4.78, 5) is 15.9. The fourth-order valence-corrected chi connectivity index (χ4v) is 1.82. The Morgan fingerprint density at radius 3 is 2.80 bits per heavy atom. The minimum Gasteiger partial charge on any atom is -0.392 e. The highest BCUT2D eigenvalue weighted by Gasteiger charge is 2.14. The number of hydrogen-bond donors (Lipinski definition) is 4. The summed E-state index contributed by atoms with van der Waals surface area (Å²) in [6.45, 7) is 1.90. The fourth-order valence-electron chi connectivity index (χ4n) is 1.82. The smallest absolute Gasteiger partial charge is 0.252 e. The van der Waals surface area contributed by atoms with E-state index < -0.39 is 18.1 Å². The minimum absolute atomic E-state index is 0.295. The third kappa shape index (κ3) is 3.04. The zero-order valence-corrected chi connectivity index (χ0v) is 11.2. The van der Waals surface area contributed by atoms with Crippen molar-refractivity contribution in [3.63, 3.8) is 0 Å². The van der Waals surface area contributed by atoms with E-state index in [-0.39, 0.29) is 0 Å². The molecule has 0 bridgehead atoms. The van der Waals surface area contributed by atoms with Crippen LogP contribution in [0.1, 0.15) is 17.3 Å². The van der Waals surface area contributed by atoms with Crippen LogP contribution in [0.25, 0.3) is 10.9 Å². The molecule has 0 fully saturated rings. The molecule has 6 N–H and O–H groups in total. The molecule has 2 atom stereocenters. The number of aromatic nitrogens is 1. The Hall–Kier alpha value is -2.18. The summed E-state index contributed by atoms with van der Waals surface area (Å²) in [6.07, 6.45) is -0.653. The van der Waals surface area contributed by atoms with Crippen molar-refractivity contribution >= 4 is 22.6 Å². The number of nitrogens with zero attached hydrogens (tertiary/aromatic N) is 1. The molecule has 106 valence electrons. The molecule has 0 aliphatic heterocycles. The number of primary amides is 1. The third-order valence-electron chi connectivity index (χ3n) is 3.11. The van der Waals surface area contributed by atoms with Gasteiger partial charge in [0.25, 0.3) is 5.91 Å². The molecule has 2 aromatic rings. The first-order valence-corrected chi connectivity index (χ1v) is 6.36. The SMILES string of the molecule is CC(O)C(N)CNc1nc2ccccc2cc1C(N)=O. The van der Waals surface area contributed by atoms with E-state index in [1.54, 1.807) is 13.0 Å². The number of carbonyl (C=O) groups is 1. The van der Waals surface area contributed by atoms with Gasteiger partial charge < -0.3 is 21.9 Å². The highest BCUT2D eigenvalue weighted by atomic mass is 16.3. The van der Waals surface area contributed by atoms with Gasteiger partial charge in [-0.25, -0.2) is 4.98 Å². The predicted molar refractivity (Wildman–Crippen MR) is 78.4 cm³/mol. The van der Waals surface area contributed by atoms with Gasteiger partial charge in [0, 0.05) is 18.0 Å². The van der Waals surface area contributed by atoms with Gasteiger partial charge in [-0.05, 0) is 19.1 Å². The number of pyridine rings is 1. The predicted octanol–water partition coefficient (Wildman–Crippen LogP) is 0.454. The van der Waals surface area contributed by atoms with Gasteiger partial charge in [-0.15, -0.1) is 0 Å². The Morgan fingerprint density at radius 2 is 2.15 bits per heavy atom. The van der Waals surface area contributed by atoms with E-state index in [0.29, 0.717) is 17.9 Å². The van der Waals surface area contributed by atoms with E-state index >= 15 is 0 Å². The molecule has 0 aliphatic rings. The van der Waals surface area contributed by atoms with Crippen molar-refractivity contribution < 1.29 is 9.90 Å². The van der Waals surface area contributed by atoms with E-state index in [2.05, 4.69) is 10.3 Å². The summed E-state index contributed by atoms with van der Waals surface area (Å²) in [5.41, 5.74) is 12.2. The normalized spacial score (nSPS) is 13.9. The molecule has 0 aliphatic carbocycles. The number of nitrogens with two attached hydrogens (primary N) is 2. The molecule has 0 saturated heterocycles. The number of benzene rings is 1. The van der Waals surface area contributed by atoms with Gasteiger partial charge in [0.1, 0.15) is 5.82 Å². The summed E-state index contributed by atoms with van der Waals surface area (Å²) in [5, 5.41) is 13.2. The number of amides is 1. The minimum atomic E-state index is -0.653. The first-order valence-electron chi connectivity index (χ1n) is 6.36. The molecular weight excluding hydrogens is 256 g/mol. The second-order valence-corrected chi connectivity index (χ2v) is 4.73. The van der Waals surface area contributed by atoms with Crippen LogP contribution in [0, 0.1) is 0 Å². The van der Waals surface area contributed by atoms with E-state index in [0.717, 1.165) is 10.9 Å². The van der Waals surface area contributed by atoms with E-state index in [1.807, 2.05) is 24.3 Å². The Kier molecular flexibility index (Phi) is 4.16. The molecule has 1 heterocycles.